The molecule has 242 valence electrons. The minimum absolute atomic E-state index is 0.00858. The number of alkyl halides is 4. The van der Waals surface area contributed by atoms with Crippen LogP contribution in [0.1, 0.15) is 58.2 Å². The maximum Gasteiger partial charge on any atom is 0.461 e. The molecular formula is C32H39F6NO3SSi. The molecule has 0 radical (unpaired) electrons. The molecule has 0 aliphatic carbocycles. The van der Waals surface area contributed by atoms with Gasteiger partial charge in [-0.05, 0) is 79.9 Å². The van der Waals surface area contributed by atoms with Crippen LogP contribution in [-0.4, -0.2) is 30.2 Å². The first kappa shape index (κ1) is 35.8. The lowest BCUT2D eigenvalue weighted by Crippen LogP contribution is -2.53. The molecule has 0 aromatic heterocycles. The van der Waals surface area contributed by atoms with Crippen LogP contribution in [-0.2, 0) is 23.3 Å². The van der Waals surface area contributed by atoms with Crippen molar-refractivity contribution >= 4 is 19.7 Å². The van der Waals surface area contributed by atoms with Crippen molar-refractivity contribution in [3.8, 4) is 11.5 Å². The molecule has 0 bridgehead atoms. The summed E-state index contributed by atoms with van der Waals surface area (Å²) in [5, 5.41) is -0.238. The highest BCUT2D eigenvalue weighted by Crippen LogP contribution is 2.42. The van der Waals surface area contributed by atoms with Gasteiger partial charge in [0.15, 0.2) is 5.82 Å². The van der Waals surface area contributed by atoms with Crippen molar-refractivity contribution in [2.45, 2.75) is 88.9 Å². The minimum Gasteiger partial charge on any atom is -0.598 e. The van der Waals surface area contributed by atoms with Gasteiger partial charge < -0.3 is 13.7 Å². The molecule has 0 heterocycles. The van der Waals surface area contributed by atoms with Gasteiger partial charge in [-0.3, -0.25) is 0 Å². The molecule has 3 aromatic rings. The van der Waals surface area contributed by atoms with Crippen LogP contribution >= 0.6 is 0 Å². The summed E-state index contributed by atoms with van der Waals surface area (Å²) in [7, 11) is -2.47. The van der Waals surface area contributed by atoms with Crippen LogP contribution in [0, 0.1) is 11.6 Å². The molecule has 3 aromatic carbocycles. The van der Waals surface area contributed by atoms with E-state index < -0.39 is 59.9 Å². The average Bonchev–Trinajstić information content (AvgIpc) is 2.88. The summed E-state index contributed by atoms with van der Waals surface area (Å²) in [5.41, 5.74) is -1.03. The molecule has 0 unspecified atom stereocenters. The Hall–Kier alpha value is -2.67. The zero-order chi connectivity index (χ0) is 33.3. The third-order valence-corrected chi connectivity index (χ3v) is 13.6. The first-order valence-electron chi connectivity index (χ1n) is 14.0. The lowest BCUT2D eigenvalue weighted by molar-refractivity contribution is -0.253. The maximum absolute atomic E-state index is 15.9. The van der Waals surface area contributed by atoms with E-state index in [0.29, 0.717) is 11.6 Å². The fourth-order valence-electron chi connectivity index (χ4n) is 4.08. The van der Waals surface area contributed by atoms with Gasteiger partial charge in [-0.1, -0.05) is 57.2 Å². The van der Waals surface area contributed by atoms with Gasteiger partial charge in [0.25, 0.3) is 8.32 Å². The van der Waals surface area contributed by atoms with Gasteiger partial charge in [0.05, 0.1) is 0 Å². The van der Waals surface area contributed by atoms with E-state index >= 15 is 8.78 Å². The first-order valence-corrected chi connectivity index (χ1v) is 18.0. The van der Waals surface area contributed by atoms with Gasteiger partial charge in [-0.15, -0.1) is 4.72 Å². The Bertz CT molecular complexity index is 1430. The normalized spacial score (nSPS) is 15.2. The summed E-state index contributed by atoms with van der Waals surface area (Å²) in [6.45, 7) is 15.0. The third kappa shape index (κ3) is 8.32. The van der Waals surface area contributed by atoms with Crippen molar-refractivity contribution in [2.24, 2.45) is 0 Å². The topological polar surface area (TPSA) is 53.5 Å². The van der Waals surface area contributed by atoms with E-state index in [1.54, 1.807) is 51.1 Å². The molecule has 1 N–H and O–H groups in total. The van der Waals surface area contributed by atoms with E-state index in [0.717, 1.165) is 18.2 Å². The Morgan fingerprint density at radius 2 is 1.48 bits per heavy atom. The highest BCUT2D eigenvalue weighted by atomic mass is 32.2. The largest absolute Gasteiger partial charge is 0.598 e. The van der Waals surface area contributed by atoms with Gasteiger partial charge >= 0.3 is 12.5 Å². The molecule has 0 spiro atoms. The summed E-state index contributed by atoms with van der Waals surface area (Å²) in [6.07, 6.45) is -9.16. The summed E-state index contributed by atoms with van der Waals surface area (Å²) in [6, 6.07) is 15.3. The second-order valence-electron chi connectivity index (χ2n) is 13.2. The second kappa shape index (κ2) is 13.0. The Morgan fingerprint density at radius 3 is 2.00 bits per heavy atom. The molecule has 0 fully saturated rings. The molecule has 4 nitrogen and oxygen atoms in total. The minimum atomic E-state index is -4.91. The van der Waals surface area contributed by atoms with Gasteiger partial charge in [-0.2, -0.15) is 17.6 Å². The number of hydrogen-bond acceptors (Lipinski definition) is 4. The molecule has 0 aliphatic rings. The van der Waals surface area contributed by atoms with E-state index in [1.807, 2.05) is 33.9 Å². The molecule has 0 amide bonds. The Balaban J connectivity index is 2.32. The zero-order valence-electron chi connectivity index (χ0n) is 26.0. The summed E-state index contributed by atoms with van der Waals surface area (Å²) in [5.74, 6) is -2.72. The van der Waals surface area contributed by atoms with E-state index in [4.69, 9.17) is 4.43 Å². The summed E-state index contributed by atoms with van der Waals surface area (Å²) in [4.78, 5) is 0. The molecule has 44 heavy (non-hydrogen) atoms. The van der Waals surface area contributed by atoms with Gasteiger partial charge in [0, 0.05) is 23.8 Å². The van der Waals surface area contributed by atoms with Crippen molar-refractivity contribution < 1.29 is 40.1 Å². The van der Waals surface area contributed by atoms with Crippen molar-refractivity contribution in [3.63, 3.8) is 0 Å². The van der Waals surface area contributed by atoms with Crippen LogP contribution < -0.4 is 13.9 Å². The first-order chi connectivity index (χ1) is 20.1. The molecule has 0 aliphatic heterocycles. The Morgan fingerprint density at radius 1 is 0.864 bits per heavy atom. The quantitative estimate of drug-likeness (QED) is 0.127. The fourth-order valence-corrected chi connectivity index (χ4v) is 6.04. The lowest BCUT2D eigenvalue weighted by Gasteiger charge is -2.39. The van der Waals surface area contributed by atoms with Crippen LogP contribution in [0.4, 0.5) is 26.3 Å². The van der Waals surface area contributed by atoms with E-state index in [-0.39, 0.29) is 28.3 Å². The predicted octanol–water partition coefficient (Wildman–Crippen LogP) is 9.12. The predicted molar refractivity (Wildman–Crippen MR) is 164 cm³/mol. The van der Waals surface area contributed by atoms with Gasteiger partial charge in [0.2, 0.25) is 0 Å². The molecule has 0 saturated heterocycles. The highest BCUT2D eigenvalue weighted by Gasteiger charge is 2.46. The van der Waals surface area contributed by atoms with Crippen LogP contribution in [0.25, 0.3) is 0 Å². The number of ether oxygens (including phenoxy) is 1. The molecule has 12 heteroatoms. The monoisotopic (exact) mass is 659 g/mol. The molecule has 0 saturated carbocycles. The number of benzene rings is 3. The van der Waals surface area contributed by atoms with Crippen LogP contribution in [0.2, 0.25) is 18.1 Å². The SMILES string of the molecule is CC(C)(C)[S@@+]([O-])N[C@@](Cc1ccccc1)(c1cc(F)cc(OC(F)(F)C(F)F)c1)c1ccc(O[Si](C)(C)C(C)(C)C)c(F)c1. The summed E-state index contributed by atoms with van der Waals surface area (Å²) >= 11 is -1.89. The van der Waals surface area contributed by atoms with Crippen molar-refractivity contribution in [1.82, 2.24) is 4.72 Å². The molecule has 3 rings (SSSR count). The zero-order valence-corrected chi connectivity index (χ0v) is 27.9. The van der Waals surface area contributed by atoms with Gasteiger partial charge in [0.1, 0.15) is 27.6 Å². The number of hydrogen-bond donors (Lipinski definition) is 1. The lowest BCUT2D eigenvalue weighted by atomic mass is 9.78. The Labute approximate surface area is 259 Å². The molecule has 2 atom stereocenters. The number of rotatable bonds is 11. The standard InChI is InChI=1S/C32H39F6NO3SSi/c1-29(2,3)43(40)39-31(20-21-12-10-9-11-13-21,23-16-24(33)19-25(17-23)41-32(37,38)28(35)36)22-14-15-27(26(34)18-22)42-44(7,8)30(4,5)6/h9-19,28,39H,20H2,1-8H3/t31-,43-/m1/s1. The van der Waals surface area contributed by atoms with Crippen molar-refractivity contribution in [2.75, 3.05) is 0 Å². The fraction of sp³-hybridized carbons (Fsp3) is 0.438. The van der Waals surface area contributed by atoms with Crippen LogP contribution in [0.15, 0.2) is 66.7 Å². The average molecular weight is 660 g/mol. The smallest absolute Gasteiger partial charge is 0.461 e. The van der Waals surface area contributed by atoms with Gasteiger partial charge in [-0.25, -0.2) is 8.78 Å². The number of nitrogens with one attached hydrogen (secondary N) is 1. The third-order valence-electron chi connectivity index (χ3n) is 7.60. The van der Waals surface area contributed by atoms with Crippen molar-refractivity contribution in [1.29, 1.82) is 0 Å². The van der Waals surface area contributed by atoms with Crippen molar-refractivity contribution in [3.05, 3.63) is 95.1 Å². The van der Waals surface area contributed by atoms with E-state index in [9.17, 15) is 22.1 Å². The second-order valence-corrected chi connectivity index (χ2v) is 19.9. The van der Waals surface area contributed by atoms with Crippen LogP contribution in [0.5, 0.6) is 11.5 Å². The Kier molecular flexibility index (Phi) is 10.6. The van der Waals surface area contributed by atoms with Crippen LogP contribution in [0.3, 0.4) is 0 Å². The summed E-state index contributed by atoms with van der Waals surface area (Å²) < 4.78 is 111. The van der Waals surface area contributed by atoms with E-state index in [2.05, 4.69) is 9.46 Å². The maximum atomic E-state index is 15.9. The number of halogens is 6. The van der Waals surface area contributed by atoms with E-state index in [1.165, 1.54) is 12.1 Å². The molecular weight excluding hydrogens is 620 g/mol. The highest BCUT2D eigenvalue weighted by molar-refractivity contribution is 7.90.